The summed E-state index contributed by atoms with van der Waals surface area (Å²) in [5.74, 6) is -0.00810. The molecule has 0 saturated carbocycles. The van der Waals surface area contributed by atoms with E-state index in [2.05, 4.69) is 41.5 Å². The van der Waals surface area contributed by atoms with E-state index in [0.717, 1.165) is 23.7 Å². The number of carbonyl (C=O) groups is 1. The number of carbonyl (C=O) groups excluding carboxylic acids is 1. The predicted molar refractivity (Wildman–Crippen MR) is 92.8 cm³/mol. The molecule has 1 aliphatic carbocycles. The van der Waals surface area contributed by atoms with E-state index in [-0.39, 0.29) is 17.2 Å². The normalized spacial score (nSPS) is 14.8. The molecule has 0 unspecified atom stereocenters. The Morgan fingerprint density at radius 1 is 1.26 bits per heavy atom. The second-order valence-corrected chi connectivity index (χ2v) is 7.51. The van der Waals surface area contributed by atoms with Crippen LogP contribution in [0.5, 0.6) is 0 Å². The highest BCUT2D eigenvalue weighted by molar-refractivity contribution is 8.00. The highest BCUT2D eigenvalue weighted by atomic mass is 32.2. The molecule has 23 heavy (non-hydrogen) atoms. The molecule has 1 heterocycles. The summed E-state index contributed by atoms with van der Waals surface area (Å²) in [4.78, 5) is 12.4. The number of rotatable bonds is 5. The molecular formula is C17H22N4OS. The first-order chi connectivity index (χ1) is 11.0. The maximum atomic E-state index is 12.4. The van der Waals surface area contributed by atoms with Crippen molar-refractivity contribution in [3.63, 3.8) is 0 Å². The molecule has 1 N–H and O–H groups in total. The molecule has 0 fully saturated rings. The Morgan fingerprint density at radius 2 is 2.04 bits per heavy atom. The second kappa shape index (κ2) is 6.74. The SMILES string of the molecule is CC(C)n1cnnc1S[C@H](C)C(=O)Nc1ccc2c(c1)CCC2. The molecule has 2 aromatic rings. The van der Waals surface area contributed by atoms with E-state index < -0.39 is 0 Å². The third-order valence-corrected chi connectivity index (χ3v) is 5.18. The minimum absolute atomic E-state index is 0.00810. The van der Waals surface area contributed by atoms with Crippen LogP contribution in [0.25, 0.3) is 0 Å². The maximum absolute atomic E-state index is 12.4. The maximum Gasteiger partial charge on any atom is 0.237 e. The summed E-state index contributed by atoms with van der Waals surface area (Å²) in [6, 6.07) is 6.51. The van der Waals surface area contributed by atoms with E-state index >= 15 is 0 Å². The molecular weight excluding hydrogens is 308 g/mol. The van der Waals surface area contributed by atoms with Crippen molar-refractivity contribution >= 4 is 23.4 Å². The number of thioether (sulfide) groups is 1. The van der Waals surface area contributed by atoms with Gasteiger partial charge in [0.05, 0.1) is 5.25 Å². The zero-order chi connectivity index (χ0) is 16.4. The minimum atomic E-state index is -0.232. The number of benzene rings is 1. The first-order valence-electron chi connectivity index (χ1n) is 8.03. The standard InChI is InChI=1S/C17H22N4OS/c1-11(2)21-10-18-20-17(21)23-12(3)16(22)19-15-8-7-13-5-4-6-14(13)9-15/h7-12H,4-6H2,1-3H3,(H,19,22)/t12-/m1/s1. The molecule has 6 heteroatoms. The van der Waals surface area contributed by atoms with Gasteiger partial charge in [-0.05, 0) is 63.3 Å². The van der Waals surface area contributed by atoms with Gasteiger partial charge in [-0.3, -0.25) is 4.79 Å². The first kappa shape index (κ1) is 16.1. The van der Waals surface area contributed by atoms with Crippen LogP contribution in [-0.2, 0) is 17.6 Å². The number of aryl methyl sites for hydroxylation is 2. The minimum Gasteiger partial charge on any atom is -0.325 e. The van der Waals surface area contributed by atoms with Gasteiger partial charge in [0, 0.05) is 11.7 Å². The van der Waals surface area contributed by atoms with Gasteiger partial charge in [0.15, 0.2) is 5.16 Å². The third-order valence-electron chi connectivity index (χ3n) is 4.11. The molecule has 0 spiro atoms. The molecule has 0 bridgehead atoms. The van der Waals surface area contributed by atoms with Crippen LogP contribution in [0.15, 0.2) is 29.7 Å². The molecule has 1 amide bonds. The van der Waals surface area contributed by atoms with E-state index in [4.69, 9.17) is 0 Å². The van der Waals surface area contributed by atoms with Gasteiger partial charge in [-0.25, -0.2) is 0 Å². The summed E-state index contributed by atoms with van der Waals surface area (Å²) in [7, 11) is 0. The van der Waals surface area contributed by atoms with Crippen LogP contribution in [-0.4, -0.2) is 25.9 Å². The van der Waals surface area contributed by atoms with Crippen molar-refractivity contribution in [2.24, 2.45) is 0 Å². The Labute approximate surface area is 140 Å². The number of aromatic nitrogens is 3. The Bertz CT molecular complexity index is 710. The lowest BCUT2D eigenvalue weighted by Gasteiger charge is -2.14. The highest BCUT2D eigenvalue weighted by Crippen LogP contribution is 2.27. The molecule has 3 rings (SSSR count). The van der Waals surface area contributed by atoms with E-state index in [9.17, 15) is 4.79 Å². The van der Waals surface area contributed by atoms with Gasteiger partial charge >= 0.3 is 0 Å². The van der Waals surface area contributed by atoms with Crippen molar-refractivity contribution < 1.29 is 4.79 Å². The van der Waals surface area contributed by atoms with Crippen molar-refractivity contribution in [2.75, 3.05) is 5.32 Å². The van der Waals surface area contributed by atoms with Crippen LogP contribution in [0.3, 0.4) is 0 Å². The Kier molecular flexibility index (Phi) is 4.71. The Morgan fingerprint density at radius 3 is 2.83 bits per heavy atom. The number of nitrogens with zero attached hydrogens (tertiary/aromatic N) is 3. The van der Waals surface area contributed by atoms with Crippen molar-refractivity contribution in [3.8, 4) is 0 Å². The number of nitrogens with one attached hydrogen (secondary N) is 1. The zero-order valence-corrected chi connectivity index (χ0v) is 14.6. The average Bonchev–Trinajstić information content (AvgIpc) is 3.15. The van der Waals surface area contributed by atoms with Crippen LogP contribution in [0.2, 0.25) is 0 Å². The molecule has 0 saturated heterocycles. The van der Waals surface area contributed by atoms with Gasteiger partial charge in [-0.2, -0.15) is 0 Å². The topological polar surface area (TPSA) is 59.8 Å². The molecule has 1 aliphatic rings. The fourth-order valence-corrected chi connectivity index (χ4v) is 3.73. The predicted octanol–water partition coefficient (Wildman–Crippen LogP) is 3.47. The summed E-state index contributed by atoms with van der Waals surface area (Å²) in [6.45, 7) is 6.04. The van der Waals surface area contributed by atoms with Gasteiger partial charge < -0.3 is 9.88 Å². The number of fused-ring (bicyclic) bond motifs is 1. The molecule has 122 valence electrons. The monoisotopic (exact) mass is 330 g/mol. The highest BCUT2D eigenvalue weighted by Gasteiger charge is 2.19. The van der Waals surface area contributed by atoms with E-state index in [1.54, 1.807) is 6.33 Å². The van der Waals surface area contributed by atoms with E-state index in [1.807, 2.05) is 17.6 Å². The summed E-state index contributed by atoms with van der Waals surface area (Å²) in [6.07, 6.45) is 5.18. The molecule has 1 atom stereocenters. The number of amides is 1. The average molecular weight is 330 g/mol. The van der Waals surface area contributed by atoms with Crippen molar-refractivity contribution in [1.82, 2.24) is 14.8 Å². The molecule has 5 nitrogen and oxygen atoms in total. The van der Waals surface area contributed by atoms with Crippen LogP contribution >= 0.6 is 11.8 Å². The van der Waals surface area contributed by atoms with Gasteiger partial charge in [-0.1, -0.05) is 17.8 Å². The summed E-state index contributed by atoms with van der Waals surface area (Å²) in [5, 5.41) is 11.6. The molecule has 0 aliphatic heterocycles. The van der Waals surface area contributed by atoms with Crippen molar-refractivity contribution in [1.29, 1.82) is 0 Å². The third kappa shape index (κ3) is 3.58. The lowest BCUT2D eigenvalue weighted by molar-refractivity contribution is -0.115. The van der Waals surface area contributed by atoms with Crippen molar-refractivity contribution in [2.45, 2.75) is 56.5 Å². The van der Waals surface area contributed by atoms with Gasteiger partial charge in [0.2, 0.25) is 5.91 Å². The fourth-order valence-electron chi connectivity index (χ4n) is 2.78. The summed E-state index contributed by atoms with van der Waals surface area (Å²) >= 11 is 1.44. The molecule has 0 radical (unpaired) electrons. The summed E-state index contributed by atoms with van der Waals surface area (Å²) in [5.41, 5.74) is 3.66. The van der Waals surface area contributed by atoms with E-state index in [0.29, 0.717) is 0 Å². The van der Waals surface area contributed by atoms with Gasteiger partial charge in [0.25, 0.3) is 0 Å². The van der Waals surface area contributed by atoms with Crippen molar-refractivity contribution in [3.05, 3.63) is 35.7 Å². The first-order valence-corrected chi connectivity index (χ1v) is 8.91. The number of hydrogen-bond donors (Lipinski definition) is 1. The Balaban J connectivity index is 1.64. The quantitative estimate of drug-likeness (QED) is 0.853. The lowest BCUT2D eigenvalue weighted by atomic mass is 10.1. The fraction of sp³-hybridized carbons (Fsp3) is 0.471. The van der Waals surface area contributed by atoms with Gasteiger partial charge in [-0.15, -0.1) is 10.2 Å². The zero-order valence-electron chi connectivity index (χ0n) is 13.7. The van der Waals surface area contributed by atoms with Gasteiger partial charge in [0.1, 0.15) is 6.33 Å². The Hall–Kier alpha value is -1.82. The van der Waals surface area contributed by atoms with Crippen LogP contribution in [0.4, 0.5) is 5.69 Å². The number of anilines is 1. The van der Waals surface area contributed by atoms with Crippen LogP contribution in [0.1, 0.15) is 44.4 Å². The lowest BCUT2D eigenvalue weighted by Crippen LogP contribution is -2.23. The van der Waals surface area contributed by atoms with Crippen LogP contribution < -0.4 is 5.32 Å². The summed E-state index contributed by atoms with van der Waals surface area (Å²) < 4.78 is 1.98. The molecule has 1 aromatic heterocycles. The largest absolute Gasteiger partial charge is 0.325 e. The van der Waals surface area contributed by atoms with E-state index in [1.165, 1.54) is 29.3 Å². The molecule has 1 aromatic carbocycles. The number of hydrogen-bond acceptors (Lipinski definition) is 4. The smallest absolute Gasteiger partial charge is 0.237 e. The van der Waals surface area contributed by atoms with Crippen LogP contribution in [0, 0.1) is 0 Å². The second-order valence-electron chi connectivity index (χ2n) is 6.20.